The second kappa shape index (κ2) is 12.8. The molecule has 204 valence electrons. The van der Waals surface area contributed by atoms with Gasteiger partial charge in [0, 0.05) is 43.1 Å². The van der Waals surface area contributed by atoms with Gasteiger partial charge in [0.1, 0.15) is 11.4 Å². The zero-order valence-corrected chi connectivity index (χ0v) is 22.9. The van der Waals surface area contributed by atoms with E-state index < -0.39 is 0 Å². The number of nitrogens with zero attached hydrogens (tertiary/aromatic N) is 7. The van der Waals surface area contributed by atoms with Gasteiger partial charge < -0.3 is 5.32 Å². The van der Waals surface area contributed by atoms with E-state index in [1.54, 1.807) is 35.3 Å². The minimum absolute atomic E-state index is 0.116. The third-order valence-corrected chi connectivity index (χ3v) is 7.17. The zero-order valence-electron chi connectivity index (χ0n) is 22.9. The average Bonchev–Trinajstić information content (AvgIpc) is 3.45. The lowest BCUT2D eigenvalue weighted by molar-refractivity contribution is 0.0904. The highest BCUT2D eigenvalue weighted by Crippen LogP contribution is 2.17. The van der Waals surface area contributed by atoms with Crippen LogP contribution in [0.15, 0.2) is 84.2 Å². The fourth-order valence-electron chi connectivity index (χ4n) is 4.81. The van der Waals surface area contributed by atoms with Crippen LogP contribution in [0.5, 0.6) is 0 Å². The van der Waals surface area contributed by atoms with Gasteiger partial charge in [0.15, 0.2) is 0 Å². The molecule has 0 aliphatic carbocycles. The number of carbonyl (C=O) groups is 1. The predicted octanol–water partition coefficient (Wildman–Crippen LogP) is 4.60. The predicted molar refractivity (Wildman–Crippen MR) is 156 cm³/mol. The highest BCUT2D eigenvalue weighted by Gasteiger charge is 2.21. The van der Waals surface area contributed by atoms with E-state index in [2.05, 4.69) is 37.4 Å². The molecular weight excluding hydrogens is 512 g/mol. The summed E-state index contributed by atoms with van der Waals surface area (Å²) in [6, 6.07) is 23.1. The van der Waals surface area contributed by atoms with E-state index in [1.807, 2.05) is 55.6 Å². The van der Waals surface area contributed by atoms with E-state index in [4.69, 9.17) is 10.5 Å². The smallest absolute Gasteiger partial charge is 0.270 e. The molecule has 0 bridgehead atoms. The molecule has 1 N–H and O–H groups in total. The standard InChI is InChI=1S/C32H30N8O/c1-23(37-30-19-36-40(22-30)21-27-8-4-25(17-34)5-9-27)28-10-11-31(35-18-28)32(41)38-29-12-14-39(15-13-29)20-26-6-2-24(16-33)3-7-26/h2-11,18-19,22,29H,12-15,20-21H2,1H3,(H,38,41). The van der Waals surface area contributed by atoms with Crippen molar-refractivity contribution in [1.82, 2.24) is 25.0 Å². The Balaban J connectivity index is 1.11. The van der Waals surface area contributed by atoms with Crippen LogP contribution >= 0.6 is 0 Å². The van der Waals surface area contributed by atoms with E-state index in [0.717, 1.165) is 55.0 Å². The SMILES string of the molecule is CC(=Nc1cnn(Cc2ccc(C#N)cc2)c1)c1ccc(C(=O)NC2CCN(Cc3ccc(C#N)cc3)CC2)nc1. The first-order valence-corrected chi connectivity index (χ1v) is 13.5. The molecule has 5 rings (SSSR count). The van der Waals surface area contributed by atoms with Crippen LogP contribution in [0.4, 0.5) is 5.69 Å². The van der Waals surface area contributed by atoms with E-state index >= 15 is 0 Å². The van der Waals surface area contributed by atoms with Gasteiger partial charge in [-0.25, -0.2) is 4.99 Å². The van der Waals surface area contributed by atoms with Crippen LogP contribution in [0.1, 0.15) is 58.1 Å². The molecule has 1 aliphatic heterocycles. The van der Waals surface area contributed by atoms with E-state index in [9.17, 15) is 4.79 Å². The van der Waals surface area contributed by atoms with Gasteiger partial charge in [0.2, 0.25) is 0 Å². The number of aliphatic imine (C=N–C) groups is 1. The lowest BCUT2D eigenvalue weighted by Gasteiger charge is -2.32. The van der Waals surface area contributed by atoms with Crippen LogP contribution < -0.4 is 5.32 Å². The van der Waals surface area contributed by atoms with Crippen molar-refractivity contribution in [3.63, 3.8) is 0 Å². The highest BCUT2D eigenvalue weighted by atomic mass is 16.1. The van der Waals surface area contributed by atoms with Gasteiger partial charge in [-0.05, 0) is 67.3 Å². The maximum atomic E-state index is 12.8. The van der Waals surface area contributed by atoms with Crippen LogP contribution in [0.2, 0.25) is 0 Å². The van der Waals surface area contributed by atoms with Crippen LogP contribution in [0, 0.1) is 22.7 Å². The monoisotopic (exact) mass is 542 g/mol. The molecule has 2 aromatic carbocycles. The highest BCUT2D eigenvalue weighted by molar-refractivity contribution is 6.00. The molecule has 3 heterocycles. The Morgan fingerprint density at radius 2 is 1.56 bits per heavy atom. The van der Waals surface area contributed by atoms with Gasteiger partial charge in [-0.1, -0.05) is 24.3 Å². The molecular formula is C32H30N8O. The third-order valence-electron chi connectivity index (χ3n) is 7.17. The van der Waals surface area contributed by atoms with Gasteiger partial charge in [-0.15, -0.1) is 0 Å². The number of rotatable bonds is 8. The molecule has 1 saturated heterocycles. The maximum Gasteiger partial charge on any atom is 0.270 e. The number of piperidine rings is 1. The molecule has 0 spiro atoms. The summed E-state index contributed by atoms with van der Waals surface area (Å²) in [7, 11) is 0. The van der Waals surface area contributed by atoms with Crippen LogP contribution in [0.25, 0.3) is 0 Å². The number of benzene rings is 2. The number of aromatic nitrogens is 3. The number of hydrogen-bond acceptors (Lipinski definition) is 7. The quantitative estimate of drug-likeness (QED) is 0.325. The Kier molecular flexibility index (Phi) is 8.58. The van der Waals surface area contributed by atoms with Gasteiger partial charge in [-0.2, -0.15) is 15.6 Å². The molecule has 41 heavy (non-hydrogen) atoms. The first-order chi connectivity index (χ1) is 20.0. The molecule has 0 atom stereocenters. The maximum absolute atomic E-state index is 12.8. The topological polar surface area (TPSA) is 123 Å². The molecule has 0 radical (unpaired) electrons. The van der Waals surface area contributed by atoms with E-state index in [0.29, 0.717) is 23.4 Å². The van der Waals surface area contributed by atoms with Crippen molar-refractivity contribution in [2.45, 2.75) is 38.9 Å². The van der Waals surface area contributed by atoms with Crippen molar-refractivity contribution in [3.8, 4) is 12.1 Å². The molecule has 0 unspecified atom stereocenters. The van der Waals surface area contributed by atoms with Gasteiger partial charge in [0.25, 0.3) is 5.91 Å². The van der Waals surface area contributed by atoms with Crippen molar-refractivity contribution in [3.05, 3.63) is 113 Å². The van der Waals surface area contributed by atoms with Gasteiger partial charge >= 0.3 is 0 Å². The Morgan fingerprint density at radius 3 is 2.15 bits per heavy atom. The molecule has 0 saturated carbocycles. The number of nitriles is 2. The third kappa shape index (κ3) is 7.30. The van der Waals surface area contributed by atoms with Crippen LogP contribution in [0.3, 0.4) is 0 Å². The fourth-order valence-corrected chi connectivity index (χ4v) is 4.81. The molecule has 1 aliphatic rings. The molecule has 4 aromatic rings. The second-order valence-electron chi connectivity index (χ2n) is 10.2. The Hall–Kier alpha value is -5.12. The summed E-state index contributed by atoms with van der Waals surface area (Å²) in [5.74, 6) is -0.166. The largest absolute Gasteiger partial charge is 0.348 e. The molecule has 9 nitrogen and oxygen atoms in total. The normalized spacial score (nSPS) is 14.3. The summed E-state index contributed by atoms with van der Waals surface area (Å²) in [5.41, 5.74) is 6.25. The first kappa shape index (κ1) is 27.4. The molecule has 1 amide bonds. The number of nitrogens with one attached hydrogen (secondary N) is 1. The number of likely N-dealkylation sites (tertiary alicyclic amines) is 1. The van der Waals surface area contributed by atoms with Crippen LogP contribution in [-0.4, -0.2) is 50.4 Å². The summed E-state index contributed by atoms with van der Waals surface area (Å²) in [6.07, 6.45) is 7.01. The lowest BCUT2D eigenvalue weighted by Crippen LogP contribution is -2.44. The van der Waals surface area contributed by atoms with Crippen molar-refractivity contribution >= 4 is 17.3 Å². The summed E-state index contributed by atoms with van der Waals surface area (Å²) >= 11 is 0. The number of pyridine rings is 1. The summed E-state index contributed by atoms with van der Waals surface area (Å²) in [4.78, 5) is 24.3. The molecule has 2 aromatic heterocycles. The minimum Gasteiger partial charge on any atom is -0.348 e. The Bertz CT molecular complexity index is 1600. The molecule has 1 fully saturated rings. The van der Waals surface area contributed by atoms with Gasteiger partial charge in [-0.3, -0.25) is 19.4 Å². The van der Waals surface area contributed by atoms with Crippen molar-refractivity contribution in [1.29, 1.82) is 10.5 Å². The summed E-state index contributed by atoms with van der Waals surface area (Å²) < 4.78 is 1.80. The van der Waals surface area contributed by atoms with Crippen molar-refractivity contribution < 1.29 is 4.79 Å². The molecule has 9 heteroatoms. The summed E-state index contributed by atoms with van der Waals surface area (Å²) in [6.45, 7) is 5.13. The van der Waals surface area contributed by atoms with Gasteiger partial charge in [0.05, 0.1) is 42.2 Å². The number of amides is 1. The van der Waals surface area contributed by atoms with E-state index in [1.165, 1.54) is 5.56 Å². The summed E-state index contributed by atoms with van der Waals surface area (Å²) in [5, 5.41) is 25.4. The Morgan fingerprint density at radius 1 is 0.927 bits per heavy atom. The first-order valence-electron chi connectivity index (χ1n) is 13.5. The Labute approximate surface area is 239 Å². The van der Waals surface area contributed by atoms with Crippen LogP contribution in [-0.2, 0) is 13.1 Å². The minimum atomic E-state index is -0.166. The van der Waals surface area contributed by atoms with Crippen molar-refractivity contribution in [2.24, 2.45) is 4.99 Å². The zero-order chi connectivity index (χ0) is 28.6. The lowest BCUT2D eigenvalue weighted by atomic mass is 10.0. The van der Waals surface area contributed by atoms with Crippen molar-refractivity contribution in [2.75, 3.05) is 13.1 Å². The van der Waals surface area contributed by atoms with E-state index in [-0.39, 0.29) is 11.9 Å². The number of carbonyl (C=O) groups excluding carboxylic acids is 1. The second-order valence-corrected chi connectivity index (χ2v) is 10.2. The average molecular weight is 543 g/mol. The fraction of sp³-hybridized carbons (Fsp3) is 0.250. The number of hydrogen-bond donors (Lipinski definition) is 1.